The number of benzene rings is 2. The van der Waals surface area contributed by atoms with E-state index in [0.29, 0.717) is 19.0 Å². The van der Waals surface area contributed by atoms with Crippen molar-refractivity contribution in [3.8, 4) is 5.75 Å². The Kier molecular flexibility index (Phi) is 6.13. The molecule has 0 N–H and O–H groups in total. The number of hydrogen-bond donors (Lipinski definition) is 0. The number of ether oxygens (including phenoxy) is 1. The molecule has 0 spiro atoms. The summed E-state index contributed by atoms with van der Waals surface area (Å²) in [5, 5.41) is 6.33. The minimum Gasteiger partial charge on any atom is -0.497 e. The SMILES string of the molecule is COc1ccc([C@@H]2CC(c3ccc(F)cc3)=NN2C(=O)CN2CCCC[C@H]2C)cc1. The van der Waals surface area contributed by atoms with Gasteiger partial charge in [0.2, 0.25) is 0 Å². The lowest BCUT2D eigenvalue weighted by Crippen LogP contribution is -2.44. The minimum atomic E-state index is -0.281. The Balaban J connectivity index is 1.60. The molecule has 4 rings (SSSR count). The van der Waals surface area contributed by atoms with Crippen LogP contribution in [0.1, 0.15) is 49.8 Å². The van der Waals surface area contributed by atoms with Crippen molar-refractivity contribution >= 4 is 11.6 Å². The molecule has 6 heteroatoms. The van der Waals surface area contributed by atoms with Crippen molar-refractivity contribution in [1.82, 2.24) is 9.91 Å². The third kappa shape index (κ3) is 4.38. The summed E-state index contributed by atoms with van der Waals surface area (Å²) in [5.41, 5.74) is 2.66. The number of piperidine rings is 1. The second-order valence-corrected chi connectivity index (χ2v) is 8.10. The van der Waals surface area contributed by atoms with Crippen LogP contribution in [0.3, 0.4) is 0 Å². The fourth-order valence-electron chi connectivity index (χ4n) is 4.28. The Hall–Kier alpha value is -2.73. The molecule has 2 aliphatic rings. The molecule has 5 nitrogen and oxygen atoms in total. The molecule has 0 saturated carbocycles. The molecule has 0 aliphatic carbocycles. The Morgan fingerprint density at radius 3 is 2.53 bits per heavy atom. The summed E-state index contributed by atoms with van der Waals surface area (Å²) in [7, 11) is 1.63. The number of methoxy groups -OCH3 is 1. The smallest absolute Gasteiger partial charge is 0.257 e. The van der Waals surface area contributed by atoms with E-state index in [1.807, 2.05) is 24.3 Å². The molecule has 2 heterocycles. The molecule has 2 aliphatic heterocycles. The molecule has 0 unspecified atom stereocenters. The Morgan fingerprint density at radius 1 is 1.13 bits per heavy atom. The molecule has 158 valence electrons. The van der Waals surface area contributed by atoms with Crippen molar-refractivity contribution in [1.29, 1.82) is 0 Å². The third-order valence-corrected chi connectivity index (χ3v) is 6.12. The minimum absolute atomic E-state index is 0.00156. The summed E-state index contributed by atoms with van der Waals surface area (Å²) in [6.45, 7) is 3.50. The van der Waals surface area contributed by atoms with Crippen molar-refractivity contribution in [3.63, 3.8) is 0 Å². The zero-order chi connectivity index (χ0) is 21.1. The molecule has 1 amide bonds. The van der Waals surface area contributed by atoms with Crippen LogP contribution in [-0.2, 0) is 4.79 Å². The maximum Gasteiger partial charge on any atom is 0.257 e. The molecule has 1 fully saturated rings. The number of likely N-dealkylation sites (tertiary alicyclic amines) is 1. The quantitative estimate of drug-likeness (QED) is 0.736. The average molecular weight is 410 g/mol. The largest absolute Gasteiger partial charge is 0.497 e. The van der Waals surface area contributed by atoms with Crippen LogP contribution >= 0.6 is 0 Å². The Labute approximate surface area is 177 Å². The highest BCUT2D eigenvalue weighted by Gasteiger charge is 2.34. The first-order valence-corrected chi connectivity index (χ1v) is 10.6. The monoisotopic (exact) mass is 409 g/mol. The van der Waals surface area contributed by atoms with E-state index in [1.54, 1.807) is 24.3 Å². The fourth-order valence-corrected chi connectivity index (χ4v) is 4.28. The number of halogens is 1. The van der Waals surface area contributed by atoms with Crippen LogP contribution in [0.5, 0.6) is 5.75 Å². The second-order valence-electron chi connectivity index (χ2n) is 8.10. The lowest BCUT2D eigenvalue weighted by atomic mass is 9.98. The van der Waals surface area contributed by atoms with Gasteiger partial charge in [-0.1, -0.05) is 30.7 Å². The third-order valence-electron chi connectivity index (χ3n) is 6.12. The van der Waals surface area contributed by atoms with E-state index in [0.717, 1.165) is 42.0 Å². The van der Waals surface area contributed by atoms with Crippen molar-refractivity contribution in [2.75, 3.05) is 20.2 Å². The van der Waals surface area contributed by atoms with Crippen LogP contribution < -0.4 is 4.74 Å². The van der Waals surface area contributed by atoms with Crippen LogP contribution in [0.25, 0.3) is 0 Å². The van der Waals surface area contributed by atoms with Gasteiger partial charge in [-0.2, -0.15) is 5.10 Å². The topological polar surface area (TPSA) is 45.1 Å². The number of hydrogen-bond acceptors (Lipinski definition) is 4. The molecular formula is C24H28FN3O2. The van der Waals surface area contributed by atoms with E-state index in [-0.39, 0.29) is 17.8 Å². The van der Waals surface area contributed by atoms with Gasteiger partial charge in [0.25, 0.3) is 5.91 Å². The summed E-state index contributed by atoms with van der Waals surface area (Å²) in [6, 6.07) is 14.3. The molecule has 2 aromatic carbocycles. The second kappa shape index (κ2) is 8.96. The van der Waals surface area contributed by atoms with Gasteiger partial charge in [0.05, 0.1) is 25.4 Å². The normalized spacial score (nSPS) is 22.1. The van der Waals surface area contributed by atoms with E-state index < -0.39 is 0 Å². The highest BCUT2D eigenvalue weighted by Crippen LogP contribution is 2.34. The summed E-state index contributed by atoms with van der Waals surface area (Å²) in [5.74, 6) is 0.495. The van der Waals surface area contributed by atoms with Gasteiger partial charge in [0.1, 0.15) is 11.6 Å². The standard InChI is InChI=1S/C24H28FN3O2/c1-17-5-3-4-14-27(17)16-24(29)28-23(19-8-12-21(30-2)13-9-19)15-22(26-28)18-6-10-20(25)11-7-18/h6-13,17,23H,3-5,14-16H2,1-2H3/t17-,23+/m1/s1. The van der Waals surface area contributed by atoms with Gasteiger partial charge in [-0.05, 0) is 61.7 Å². The van der Waals surface area contributed by atoms with Gasteiger partial charge in [0, 0.05) is 12.5 Å². The van der Waals surface area contributed by atoms with E-state index in [2.05, 4.69) is 11.8 Å². The van der Waals surface area contributed by atoms with Crippen LogP contribution in [0, 0.1) is 5.82 Å². The van der Waals surface area contributed by atoms with E-state index >= 15 is 0 Å². The van der Waals surface area contributed by atoms with Crippen molar-refractivity contribution in [2.45, 2.75) is 44.7 Å². The maximum absolute atomic E-state index is 13.4. The highest BCUT2D eigenvalue weighted by molar-refractivity contribution is 6.03. The number of rotatable bonds is 5. The van der Waals surface area contributed by atoms with Crippen LogP contribution in [-0.4, -0.2) is 47.8 Å². The van der Waals surface area contributed by atoms with Crippen molar-refractivity contribution in [2.24, 2.45) is 5.10 Å². The molecule has 2 aromatic rings. The van der Waals surface area contributed by atoms with Gasteiger partial charge < -0.3 is 4.74 Å². The Morgan fingerprint density at radius 2 is 1.87 bits per heavy atom. The van der Waals surface area contributed by atoms with E-state index in [9.17, 15) is 9.18 Å². The van der Waals surface area contributed by atoms with Gasteiger partial charge in [-0.25, -0.2) is 9.40 Å². The van der Waals surface area contributed by atoms with Crippen LogP contribution in [0.2, 0.25) is 0 Å². The van der Waals surface area contributed by atoms with Gasteiger partial charge >= 0.3 is 0 Å². The number of amides is 1. The summed E-state index contributed by atoms with van der Waals surface area (Å²) in [4.78, 5) is 15.5. The highest BCUT2D eigenvalue weighted by atomic mass is 19.1. The number of carbonyl (C=O) groups is 1. The molecule has 0 bridgehead atoms. The molecule has 0 radical (unpaired) electrons. The lowest BCUT2D eigenvalue weighted by molar-refractivity contribution is -0.135. The van der Waals surface area contributed by atoms with Gasteiger partial charge in [-0.3, -0.25) is 9.69 Å². The molecule has 2 atom stereocenters. The van der Waals surface area contributed by atoms with Gasteiger partial charge in [-0.15, -0.1) is 0 Å². The summed E-state index contributed by atoms with van der Waals surface area (Å²) >= 11 is 0. The fraction of sp³-hybridized carbons (Fsp3) is 0.417. The molecule has 1 saturated heterocycles. The van der Waals surface area contributed by atoms with E-state index in [4.69, 9.17) is 9.84 Å². The lowest BCUT2D eigenvalue weighted by Gasteiger charge is -2.34. The van der Waals surface area contributed by atoms with Crippen LogP contribution in [0.15, 0.2) is 53.6 Å². The number of nitrogens with zero attached hydrogens (tertiary/aromatic N) is 3. The number of carbonyl (C=O) groups excluding carboxylic acids is 1. The molecule has 30 heavy (non-hydrogen) atoms. The predicted octanol–water partition coefficient (Wildman–Crippen LogP) is 4.39. The summed E-state index contributed by atoms with van der Waals surface area (Å²) < 4.78 is 18.6. The van der Waals surface area contributed by atoms with Crippen molar-refractivity contribution in [3.05, 3.63) is 65.5 Å². The average Bonchev–Trinajstić information content (AvgIpc) is 3.21. The van der Waals surface area contributed by atoms with Crippen LogP contribution in [0.4, 0.5) is 4.39 Å². The predicted molar refractivity (Wildman–Crippen MR) is 115 cm³/mol. The van der Waals surface area contributed by atoms with E-state index in [1.165, 1.54) is 18.6 Å². The zero-order valence-electron chi connectivity index (χ0n) is 17.6. The molecule has 0 aromatic heterocycles. The summed E-state index contributed by atoms with van der Waals surface area (Å²) in [6.07, 6.45) is 4.07. The Bertz CT molecular complexity index is 911. The molecular weight excluding hydrogens is 381 g/mol. The van der Waals surface area contributed by atoms with Gasteiger partial charge in [0.15, 0.2) is 0 Å². The maximum atomic E-state index is 13.4. The van der Waals surface area contributed by atoms with Crippen molar-refractivity contribution < 1.29 is 13.9 Å². The first-order valence-electron chi connectivity index (χ1n) is 10.6. The first kappa shape index (κ1) is 20.5. The first-order chi connectivity index (χ1) is 14.5. The number of hydrazone groups is 1. The zero-order valence-corrected chi connectivity index (χ0v) is 17.6.